The number of carbonyl (C=O) groups is 1. The van der Waals surface area contributed by atoms with Crippen LogP contribution in [0.5, 0.6) is 5.75 Å². The van der Waals surface area contributed by atoms with Crippen molar-refractivity contribution in [2.75, 3.05) is 46.0 Å². The van der Waals surface area contributed by atoms with Crippen molar-refractivity contribution in [3.63, 3.8) is 0 Å². The zero-order valence-corrected chi connectivity index (χ0v) is 14.7. The molecule has 2 aliphatic heterocycles. The van der Waals surface area contributed by atoms with E-state index in [0.717, 1.165) is 51.6 Å². The van der Waals surface area contributed by atoms with Crippen LogP contribution in [0.2, 0.25) is 0 Å². The van der Waals surface area contributed by atoms with Gasteiger partial charge in [0.2, 0.25) is 0 Å². The van der Waals surface area contributed by atoms with Crippen LogP contribution in [0, 0.1) is 5.92 Å². The number of hydrogen-bond acceptors (Lipinski definition) is 4. The van der Waals surface area contributed by atoms with Crippen molar-refractivity contribution in [1.29, 1.82) is 0 Å². The van der Waals surface area contributed by atoms with E-state index in [1.54, 1.807) is 0 Å². The Kier molecular flexibility index (Phi) is 5.74. The van der Waals surface area contributed by atoms with Crippen LogP contribution in [0.3, 0.4) is 0 Å². The van der Waals surface area contributed by atoms with Gasteiger partial charge in [-0.2, -0.15) is 0 Å². The maximum absolute atomic E-state index is 12.7. The van der Waals surface area contributed by atoms with Crippen LogP contribution in [0.1, 0.15) is 30.6 Å². The molecule has 2 fully saturated rings. The summed E-state index contributed by atoms with van der Waals surface area (Å²) in [7, 11) is 0. The summed E-state index contributed by atoms with van der Waals surface area (Å²) >= 11 is 0. The van der Waals surface area contributed by atoms with Crippen LogP contribution in [0.4, 0.5) is 0 Å². The number of benzene rings is 1. The predicted molar refractivity (Wildman–Crippen MR) is 93.5 cm³/mol. The molecule has 5 heteroatoms. The molecule has 1 aromatic carbocycles. The first-order valence-corrected chi connectivity index (χ1v) is 8.97. The molecule has 0 saturated carbocycles. The number of amides is 1. The number of carbonyl (C=O) groups excluding carboxylic acids is 1. The van der Waals surface area contributed by atoms with Crippen LogP contribution >= 0.6 is 0 Å². The van der Waals surface area contributed by atoms with Crippen molar-refractivity contribution in [3.8, 4) is 5.75 Å². The summed E-state index contributed by atoms with van der Waals surface area (Å²) in [4.78, 5) is 17.2. The van der Waals surface area contributed by atoms with Gasteiger partial charge in [-0.1, -0.05) is 19.9 Å². The highest BCUT2D eigenvalue weighted by Gasteiger charge is 2.28. The van der Waals surface area contributed by atoms with Gasteiger partial charge in [-0.05, 0) is 30.5 Å². The molecule has 0 bridgehead atoms. The zero-order valence-electron chi connectivity index (χ0n) is 14.7. The Labute approximate surface area is 144 Å². The highest BCUT2D eigenvalue weighted by molar-refractivity contribution is 5.94. The quantitative estimate of drug-likeness (QED) is 0.829. The van der Waals surface area contributed by atoms with Crippen LogP contribution in [-0.4, -0.2) is 67.7 Å². The molecule has 0 spiro atoms. The van der Waals surface area contributed by atoms with E-state index < -0.39 is 0 Å². The second-order valence-electron chi connectivity index (χ2n) is 7.08. The third-order valence-electron chi connectivity index (χ3n) is 4.69. The molecule has 0 aliphatic carbocycles. The molecular weight excluding hydrogens is 304 g/mol. The summed E-state index contributed by atoms with van der Waals surface area (Å²) in [6, 6.07) is 8.09. The Bertz CT molecular complexity index is 547. The molecule has 1 amide bonds. The number of piperazine rings is 1. The van der Waals surface area contributed by atoms with E-state index in [9.17, 15) is 4.79 Å². The topological polar surface area (TPSA) is 42.0 Å². The summed E-state index contributed by atoms with van der Waals surface area (Å²) in [5, 5.41) is 0. The molecule has 24 heavy (non-hydrogen) atoms. The average molecular weight is 332 g/mol. The fourth-order valence-electron chi connectivity index (χ4n) is 3.26. The van der Waals surface area contributed by atoms with Crippen molar-refractivity contribution in [1.82, 2.24) is 9.80 Å². The second kappa shape index (κ2) is 7.99. The molecule has 2 heterocycles. The van der Waals surface area contributed by atoms with E-state index in [-0.39, 0.29) is 5.91 Å². The van der Waals surface area contributed by atoms with E-state index in [1.165, 1.54) is 0 Å². The smallest absolute Gasteiger partial charge is 0.254 e. The van der Waals surface area contributed by atoms with Crippen molar-refractivity contribution in [3.05, 3.63) is 29.8 Å². The van der Waals surface area contributed by atoms with E-state index in [4.69, 9.17) is 9.47 Å². The Hall–Kier alpha value is -1.59. The second-order valence-corrected chi connectivity index (χ2v) is 7.08. The molecule has 0 N–H and O–H groups in total. The lowest BCUT2D eigenvalue weighted by atomic mass is 10.1. The maximum atomic E-state index is 12.7. The van der Waals surface area contributed by atoms with Gasteiger partial charge in [0.25, 0.3) is 5.91 Å². The van der Waals surface area contributed by atoms with Crippen LogP contribution in [0.15, 0.2) is 24.3 Å². The fourth-order valence-corrected chi connectivity index (χ4v) is 3.26. The van der Waals surface area contributed by atoms with Gasteiger partial charge in [0.05, 0.1) is 13.2 Å². The van der Waals surface area contributed by atoms with Gasteiger partial charge in [-0.25, -0.2) is 0 Å². The van der Waals surface area contributed by atoms with Gasteiger partial charge in [-0.15, -0.1) is 0 Å². The lowest BCUT2D eigenvalue weighted by Gasteiger charge is -2.37. The van der Waals surface area contributed by atoms with Gasteiger partial charge < -0.3 is 14.4 Å². The first kappa shape index (κ1) is 17.2. The first-order chi connectivity index (χ1) is 11.6. The summed E-state index contributed by atoms with van der Waals surface area (Å²) in [6.45, 7) is 10.0. The van der Waals surface area contributed by atoms with Gasteiger partial charge in [0.15, 0.2) is 0 Å². The normalized spacial score (nSPS) is 22.1. The Morgan fingerprint density at radius 2 is 2.08 bits per heavy atom. The van der Waals surface area contributed by atoms with Crippen molar-refractivity contribution < 1.29 is 14.3 Å². The summed E-state index contributed by atoms with van der Waals surface area (Å²) < 4.78 is 11.2. The minimum absolute atomic E-state index is 0.104. The average Bonchev–Trinajstić information content (AvgIpc) is 3.14. The SMILES string of the molecule is CC(C)COc1cccc(C(=O)N2CCN(C3CCOC3)CC2)c1. The molecule has 5 nitrogen and oxygen atoms in total. The molecule has 3 rings (SSSR count). The number of ether oxygens (including phenoxy) is 2. The molecule has 132 valence electrons. The van der Waals surface area contributed by atoms with Crippen molar-refractivity contribution in [2.24, 2.45) is 5.92 Å². The summed E-state index contributed by atoms with van der Waals surface area (Å²) in [6.07, 6.45) is 1.11. The largest absolute Gasteiger partial charge is 0.493 e. The molecule has 2 saturated heterocycles. The van der Waals surface area contributed by atoms with E-state index >= 15 is 0 Å². The monoisotopic (exact) mass is 332 g/mol. The van der Waals surface area contributed by atoms with Gasteiger partial charge >= 0.3 is 0 Å². The van der Waals surface area contributed by atoms with E-state index in [1.807, 2.05) is 29.2 Å². The van der Waals surface area contributed by atoms with Crippen LogP contribution in [-0.2, 0) is 4.74 Å². The van der Waals surface area contributed by atoms with Gasteiger partial charge in [0, 0.05) is 44.4 Å². The van der Waals surface area contributed by atoms with E-state index in [2.05, 4.69) is 18.7 Å². The van der Waals surface area contributed by atoms with Crippen LogP contribution in [0.25, 0.3) is 0 Å². The maximum Gasteiger partial charge on any atom is 0.254 e. The molecule has 2 aliphatic rings. The number of rotatable bonds is 5. The van der Waals surface area contributed by atoms with Gasteiger partial charge in [0.1, 0.15) is 5.75 Å². The number of nitrogens with zero attached hydrogens (tertiary/aromatic N) is 2. The molecule has 1 atom stereocenters. The Morgan fingerprint density at radius 3 is 2.75 bits per heavy atom. The lowest BCUT2D eigenvalue weighted by Crippen LogP contribution is -2.52. The third kappa shape index (κ3) is 4.28. The minimum Gasteiger partial charge on any atom is -0.493 e. The Balaban J connectivity index is 1.55. The molecule has 0 aromatic heterocycles. The zero-order chi connectivity index (χ0) is 16.9. The minimum atomic E-state index is 0.104. The van der Waals surface area contributed by atoms with Crippen LogP contribution < -0.4 is 4.74 Å². The third-order valence-corrected chi connectivity index (χ3v) is 4.69. The standard InChI is InChI=1S/C19H28N2O3/c1-15(2)13-24-18-5-3-4-16(12-18)19(22)21-9-7-20(8-10-21)17-6-11-23-14-17/h3-5,12,15,17H,6-11,13-14H2,1-2H3. The number of hydrogen-bond donors (Lipinski definition) is 0. The van der Waals surface area contributed by atoms with E-state index in [0.29, 0.717) is 24.1 Å². The van der Waals surface area contributed by atoms with Crippen molar-refractivity contribution in [2.45, 2.75) is 26.3 Å². The highest BCUT2D eigenvalue weighted by atomic mass is 16.5. The molecular formula is C19H28N2O3. The fraction of sp³-hybridized carbons (Fsp3) is 0.632. The predicted octanol–water partition coefficient (Wildman–Crippen LogP) is 2.27. The highest BCUT2D eigenvalue weighted by Crippen LogP contribution is 2.19. The Morgan fingerprint density at radius 1 is 1.29 bits per heavy atom. The lowest BCUT2D eigenvalue weighted by molar-refractivity contribution is 0.0549. The summed E-state index contributed by atoms with van der Waals surface area (Å²) in [5.41, 5.74) is 0.717. The molecule has 1 aromatic rings. The van der Waals surface area contributed by atoms with Crippen molar-refractivity contribution >= 4 is 5.91 Å². The first-order valence-electron chi connectivity index (χ1n) is 8.97. The summed E-state index contributed by atoms with van der Waals surface area (Å²) in [5.74, 6) is 1.35. The molecule has 1 unspecified atom stereocenters. The van der Waals surface area contributed by atoms with Gasteiger partial charge in [-0.3, -0.25) is 9.69 Å². The molecule has 0 radical (unpaired) electrons.